The molecule has 15 heavy (non-hydrogen) atoms. The van der Waals surface area contributed by atoms with Crippen molar-refractivity contribution in [1.82, 2.24) is 0 Å². The summed E-state index contributed by atoms with van der Waals surface area (Å²) in [5.41, 5.74) is -5.65. The van der Waals surface area contributed by atoms with Crippen LogP contribution in [0, 0.1) is 0 Å². The number of H-pyrrole nitrogens is 1. The van der Waals surface area contributed by atoms with E-state index in [1.807, 2.05) is 12.1 Å². The lowest BCUT2D eigenvalue weighted by Crippen LogP contribution is -2.21. The van der Waals surface area contributed by atoms with E-state index in [-0.39, 0.29) is 0 Å². The predicted octanol–water partition coefficient (Wildman–Crippen LogP) is 1.21. The van der Waals surface area contributed by atoms with Crippen molar-refractivity contribution >= 4 is 21.7 Å². The molecule has 0 amide bonds. The normalized spacial score (nSPS) is 11.5. The van der Waals surface area contributed by atoms with Crippen LogP contribution in [0.1, 0.15) is 0 Å². The molecule has 1 rings (SSSR count). The van der Waals surface area contributed by atoms with E-state index in [0.29, 0.717) is 5.15 Å². The van der Waals surface area contributed by atoms with E-state index < -0.39 is 15.6 Å². The number of aromatic nitrogens is 1. The van der Waals surface area contributed by atoms with Crippen molar-refractivity contribution in [2.24, 2.45) is 0 Å². The van der Waals surface area contributed by atoms with Gasteiger partial charge in [0.2, 0.25) is 0 Å². The minimum Gasteiger partial charge on any atom is -0.741 e. The second-order valence-corrected chi connectivity index (χ2v) is 3.89. The molecule has 0 bridgehead atoms. The lowest BCUT2D eigenvalue weighted by Gasteiger charge is -2.08. The van der Waals surface area contributed by atoms with Gasteiger partial charge in [-0.15, -0.1) is 0 Å². The number of rotatable bonds is 0. The van der Waals surface area contributed by atoms with Crippen molar-refractivity contribution in [3.63, 3.8) is 0 Å². The second-order valence-electron chi connectivity index (χ2n) is 2.11. The average Bonchev–Trinajstić information content (AvgIpc) is 2.02. The number of hydrogen-bond acceptors (Lipinski definition) is 3. The number of pyridine rings is 1. The number of hydrogen-bond donors (Lipinski definition) is 0. The van der Waals surface area contributed by atoms with Gasteiger partial charge in [0.15, 0.2) is 16.3 Å². The van der Waals surface area contributed by atoms with Crippen molar-refractivity contribution < 1.29 is 31.1 Å². The lowest BCUT2D eigenvalue weighted by atomic mass is 10.5. The summed E-state index contributed by atoms with van der Waals surface area (Å²) >= 11 is 5.48. The van der Waals surface area contributed by atoms with Gasteiger partial charge in [0.05, 0.1) is 0 Å². The third kappa shape index (κ3) is 6.26. The third-order valence-corrected chi connectivity index (χ3v) is 1.76. The summed E-state index contributed by atoms with van der Waals surface area (Å²) in [6.45, 7) is 0. The Labute approximate surface area is 88.5 Å². The van der Waals surface area contributed by atoms with Gasteiger partial charge < -0.3 is 4.55 Å². The van der Waals surface area contributed by atoms with Crippen LogP contribution in [0.2, 0.25) is 5.15 Å². The highest BCUT2D eigenvalue weighted by molar-refractivity contribution is 7.86. The van der Waals surface area contributed by atoms with E-state index in [9.17, 15) is 13.2 Å². The summed E-state index contributed by atoms with van der Waals surface area (Å²) < 4.78 is 58.9. The highest BCUT2D eigenvalue weighted by Gasteiger charge is 2.36. The lowest BCUT2D eigenvalue weighted by molar-refractivity contribution is -0.375. The first-order valence-electron chi connectivity index (χ1n) is 3.29. The second kappa shape index (κ2) is 5.29. The van der Waals surface area contributed by atoms with Crippen molar-refractivity contribution in [3.05, 3.63) is 29.5 Å². The van der Waals surface area contributed by atoms with Crippen LogP contribution >= 0.6 is 11.6 Å². The summed E-state index contributed by atoms with van der Waals surface area (Å²) in [4.78, 5) is 2.80. The molecule has 0 aliphatic heterocycles. The zero-order valence-electron chi connectivity index (χ0n) is 6.95. The number of nitrogens with one attached hydrogen (secondary N) is 1. The first-order valence-corrected chi connectivity index (χ1v) is 5.07. The molecule has 0 atom stereocenters. The number of halogens is 4. The van der Waals surface area contributed by atoms with Crippen molar-refractivity contribution in [2.45, 2.75) is 5.51 Å². The van der Waals surface area contributed by atoms with E-state index >= 15 is 0 Å². The molecule has 0 saturated carbocycles. The molecule has 0 aromatic carbocycles. The highest BCUT2D eigenvalue weighted by atomic mass is 35.5. The SMILES string of the molecule is Clc1cccc[nH+]1.O=S(=O)([O-])C(F)(F)F. The predicted molar refractivity (Wildman–Crippen MR) is 43.8 cm³/mol. The van der Waals surface area contributed by atoms with Crippen LogP contribution in [0.25, 0.3) is 0 Å². The van der Waals surface area contributed by atoms with Crippen LogP contribution in [-0.2, 0) is 10.1 Å². The van der Waals surface area contributed by atoms with Gasteiger partial charge in [-0.05, 0) is 17.7 Å². The number of alkyl halides is 3. The molecular formula is C6H5ClF3NO3S. The maximum absolute atomic E-state index is 10.7. The van der Waals surface area contributed by atoms with Gasteiger partial charge in [-0.1, -0.05) is 0 Å². The molecule has 0 radical (unpaired) electrons. The standard InChI is InChI=1S/C5H4ClN.CHF3O3S/c6-5-3-1-2-4-7-5;2-1(3,4)8(5,6)7/h1-4H;(H,5,6,7). The maximum Gasteiger partial charge on any atom is 0.485 e. The largest absolute Gasteiger partial charge is 0.741 e. The number of aromatic amines is 1. The van der Waals surface area contributed by atoms with E-state index in [2.05, 4.69) is 4.98 Å². The zero-order valence-corrected chi connectivity index (χ0v) is 8.53. The van der Waals surface area contributed by atoms with Crippen LogP contribution in [0.3, 0.4) is 0 Å². The molecule has 0 fully saturated rings. The Hall–Kier alpha value is -0.860. The van der Waals surface area contributed by atoms with Crippen LogP contribution in [0.4, 0.5) is 13.2 Å². The van der Waals surface area contributed by atoms with Crippen molar-refractivity contribution in [3.8, 4) is 0 Å². The smallest absolute Gasteiger partial charge is 0.485 e. The summed E-state index contributed by atoms with van der Waals surface area (Å²) in [6, 6.07) is 5.55. The average molecular weight is 264 g/mol. The molecule has 0 spiro atoms. The molecule has 0 unspecified atom stereocenters. The molecule has 0 aliphatic rings. The molecule has 0 aliphatic carbocycles. The highest BCUT2D eigenvalue weighted by Crippen LogP contribution is 2.20. The first kappa shape index (κ1) is 14.1. The zero-order chi connectivity index (χ0) is 12.1. The molecule has 86 valence electrons. The van der Waals surface area contributed by atoms with Crippen LogP contribution in [0.5, 0.6) is 0 Å². The molecular weight excluding hydrogens is 259 g/mol. The van der Waals surface area contributed by atoms with Crippen molar-refractivity contribution in [2.75, 3.05) is 0 Å². The van der Waals surface area contributed by atoms with Crippen molar-refractivity contribution in [1.29, 1.82) is 0 Å². The molecule has 0 saturated heterocycles. The minimum absolute atomic E-state index is 0.669. The van der Waals surface area contributed by atoms with Crippen LogP contribution in [-0.4, -0.2) is 18.5 Å². The summed E-state index contributed by atoms with van der Waals surface area (Å²) in [5.74, 6) is 0. The fourth-order valence-electron chi connectivity index (χ4n) is 0.371. The molecule has 1 aromatic rings. The van der Waals surface area contributed by atoms with E-state index in [4.69, 9.17) is 24.6 Å². The van der Waals surface area contributed by atoms with Crippen LogP contribution in [0.15, 0.2) is 24.4 Å². The Balaban J connectivity index is 0.000000262. The Morgan fingerprint density at radius 2 is 1.80 bits per heavy atom. The molecule has 1 aromatic heterocycles. The van der Waals surface area contributed by atoms with Gasteiger partial charge in [-0.3, -0.25) is 0 Å². The van der Waals surface area contributed by atoms with Gasteiger partial charge in [-0.25, -0.2) is 13.4 Å². The Bertz CT molecular complexity index is 392. The molecule has 4 nitrogen and oxygen atoms in total. The fraction of sp³-hybridized carbons (Fsp3) is 0.167. The maximum atomic E-state index is 10.7. The Morgan fingerprint density at radius 1 is 1.33 bits per heavy atom. The topological polar surface area (TPSA) is 71.3 Å². The van der Waals surface area contributed by atoms with Gasteiger partial charge in [0.25, 0.3) is 5.15 Å². The quantitative estimate of drug-likeness (QED) is 0.401. The first-order chi connectivity index (χ1) is 6.64. The molecule has 9 heteroatoms. The van der Waals surface area contributed by atoms with Gasteiger partial charge in [0, 0.05) is 12.1 Å². The molecule has 1 N–H and O–H groups in total. The minimum atomic E-state index is -6.09. The third-order valence-electron chi connectivity index (χ3n) is 0.955. The Morgan fingerprint density at radius 3 is 1.93 bits per heavy atom. The van der Waals surface area contributed by atoms with E-state index in [0.717, 1.165) is 0 Å². The van der Waals surface area contributed by atoms with E-state index in [1.54, 1.807) is 12.3 Å². The summed E-state index contributed by atoms with van der Waals surface area (Å²) in [6.07, 6.45) is 1.78. The van der Waals surface area contributed by atoms with E-state index in [1.165, 1.54) is 0 Å². The molecule has 1 heterocycles. The van der Waals surface area contributed by atoms with Gasteiger partial charge in [-0.2, -0.15) is 13.2 Å². The Kier molecular flexibility index (Phi) is 4.98. The monoisotopic (exact) mass is 263 g/mol. The summed E-state index contributed by atoms with van der Waals surface area (Å²) in [7, 11) is -6.09. The summed E-state index contributed by atoms with van der Waals surface area (Å²) in [5, 5.41) is 0.669. The van der Waals surface area contributed by atoms with Gasteiger partial charge >= 0.3 is 5.51 Å². The fourth-order valence-corrected chi connectivity index (χ4v) is 0.507. The van der Waals surface area contributed by atoms with Gasteiger partial charge in [0.1, 0.15) is 0 Å². The van der Waals surface area contributed by atoms with Crippen LogP contribution < -0.4 is 4.98 Å².